The highest BCUT2D eigenvalue weighted by molar-refractivity contribution is 6.35. The van der Waals surface area contributed by atoms with Gasteiger partial charge in [0.05, 0.1) is 16.1 Å². The third-order valence-electron chi connectivity index (χ3n) is 2.75. The maximum atomic E-state index is 13.3. The Kier molecular flexibility index (Phi) is 5.11. The molecule has 0 aliphatic carbocycles. The van der Waals surface area contributed by atoms with Crippen LogP contribution in [0.4, 0.5) is 10.1 Å². The van der Waals surface area contributed by atoms with Crippen molar-refractivity contribution in [2.45, 2.75) is 6.10 Å². The quantitative estimate of drug-likeness (QED) is 0.777. The summed E-state index contributed by atoms with van der Waals surface area (Å²) in [5, 5.41) is 13.3. The molecular formula is C14H11Cl3FNO. The van der Waals surface area contributed by atoms with E-state index in [1.807, 2.05) is 0 Å². The lowest BCUT2D eigenvalue weighted by Crippen LogP contribution is -2.12. The maximum Gasteiger partial charge on any atom is 0.160 e. The van der Waals surface area contributed by atoms with Crippen molar-refractivity contribution in [1.29, 1.82) is 0 Å². The van der Waals surface area contributed by atoms with Gasteiger partial charge in [0.2, 0.25) is 0 Å². The predicted octanol–water partition coefficient (Wildman–Crippen LogP) is 4.93. The molecule has 1 unspecified atom stereocenters. The van der Waals surface area contributed by atoms with Crippen molar-refractivity contribution in [2.75, 3.05) is 11.9 Å². The molecule has 6 heteroatoms. The van der Waals surface area contributed by atoms with Crippen LogP contribution >= 0.6 is 34.8 Å². The van der Waals surface area contributed by atoms with Crippen LogP contribution in [-0.4, -0.2) is 11.7 Å². The average molecular weight is 335 g/mol. The molecule has 0 saturated heterocycles. The topological polar surface area (TPSA) is 32.3 Å². The minimum absolute atomic E-state index is 0.0766. The minimum Gasteiger partial charge on any atom is -0.387 e. The van der Waals surface area contributed by atoms with E-state index >= 15 is 0 Å². The molecule has 20 heavy (non-hydrogen) atoms. The van der Waals surface area contributed by atoms with Crippen molar-refractivity contribution >= 4 is 40.5 Å². The molecular weight excluding hydrogens is 324 g/mol. The summed E-state index contributed by atoms with van der Waals surface area (Å²) in [6, 6.07) is 9.82. The Morgan fingerprint density at radius 1 is 1.05 bits per heavy atom. The lowest BCUT2D eigenvalue weighted by Gasteiger charge is -2.15. The van der Waals surface area contributed by atoms with Gasteiger partial charge in [0.25, 0.3) is 0 Å². The highest BCUT2D eigenvalue weighted by Crippen LogP contribution is 2.28. The number of aliphatic hydroxyl groups is 1. The average Bonchev–Trinajstić information content (AvgIpc) is 2.42. The molecule has 0 aliphatic rings. The number of hydrogen-bond donors (Lipinski definition) is 2. The maximum absolute atomic E-state index is 13.3. The zero-order valence-electron chi connectivity index (χ0n) is 10.2. The van der Waals surface area contributed by atoms with E-state index in [0.717, 1.165) is 0 Å². The van der Waals surface area contributed by atoms with Gasteiger partial charge in [-0.05, 0) is 18.2 Å². The van der Waals surface area contributed by atoms with Crippen LogP contribution in [0.1, 0.15) is 11.7 Å². The van der Waals surface area contributed by atoms with Gasteiger partial charge < -0.3 is 10.4 Å². The van der Waals surface area contributed by atoms with Crippen LogP contribution in [-0.2, 0) is 0 Å². The summed E-state index contributed by atoms with van der Waals surface area (Å²) in [7, 11) is 0. The fourth-order valence-electron chi connectivity index (χ4n) is 1.73. The molecule has 2 aromatic carbocycles. The first-order chi connectivity index (χ1) is 9.49. The molecule has 0 heterocycles. The Hall–Kier alpha value is -1.00. The molecule has 2 aromatic rings. The van der Waals surface area contributed by atoms with E-state index in [1.165, 1.54) is 12.1 Å². The van der Waals surface area contributed by atoms with Crippen molar-refractivity contribution < 1.29 is 9.50 Å². The number of anilines is 1. The second-order valence-corrected chi connectivity index (χ2v) is 5.39. The number of nitrogens with one attached hydrogen (secondary N) is 1. The molecule has 0 fully saturated rings. The van der Waals surface area contributed by atoms with E-state index in [-0.39, 0.29) is 16.6 Å². The van der Waals surface area contributed by atoms with Crippen LogP contribution in [0.5, 0.6) is 0 Å². The molecule has 0 saturated carbocycles. The molecule has 0 radical (unpaired) electrons. The summed E-state index contributed by atoms with van der Waals surface area (Å²) < 4.78 is 13.3. The molecule has 0 spiro atoms. The van der Waals surface area contributed by atoms with E-state index in [4.69, 9.17) is 34.8 Å². The SMILES string of the molecule is OC(CNc1cc(Cl)c(F)c(Cl)c1)c1ccccc1Cl. The molecule has 2 N–H and O–H groups in total. The van der Waals surface area contributed by atoms with Crippen LogP contribution in [0.3, 0.4) is 0 Å². The Labute approximate surface area is 131 Å². The van der Waals surface area contributed by atoms with Crippen molar-refractivity contribution in [2.24, 2.45) is 0 Å². The van der Waals surface area contributed by atoms with Crippen molar-refractivity contribution in [3.63, 3.8) is 0 Å². The van der Waals surface area contributed by atoms with Crippen LogP contribution < -0.4 is 5.32 Å². The monoisotopic (exact) mass is 333 g/mol. The smallest absolute Gasteiger partial charge is 0.160 e. The van der Waals surface area contributed by atoms with Gasteiger partial charge in [-0.15, -0.1) is 0 Å². The molecule has 0 aliphatic heterocycles. The number of halogens is 4. The molecule has 0 amide bonds. The predicted molar refractivity (Wildman–Crippen MR) is 81.3 cm³/mol. The van der Waals surface area contributed by atoms with Gasteiger partial charge in [0, 0.05) is 22.8 Å². The first kappa shape index (κ1) is 15.4. The van der Waals surface area contributed by atoms with Gasteiger partial charge in [-0.1, -0.05) is 53.0 Å². The first-order valence-corrected chi connectivity index (χ1v) is 6.93. The highest BCUT2D eigenvalue weighted by Gasteiger charge is 2.12. The second-order valence-electron chi connectivity index (χ2n) is 4.17. The van der Waals surface area contributed by atoms with Gasteiger partial charge in [0.1, 0.15) is 0 Å². The van der Waals surface area contributed by atoms with E-state index in [0.29, 0.717) is 16.3 Å². The summed E-state index contributed by atoms with van der Waals surface area (Å²) in [6.45, 7) is 0.196. The van der Waals surface area contributed by atoms with E-state index < -0.39 is 11.9 Å². The third kappa shape index (κ3) is 3.55. The summed E-state index contributed by atoms with van der Waals surface area (Å²) >= 11 is 17.4. The molecule has 106 valence electrons. The Morgan fingerprint density at radius 2 is 1.65 bits per heavy atom. The fourth-order valence-corrected chi connectivity index (χ4v) is 2.48. The number of hydrogen-bond acceptors (Lipinski definition) is 2. The highest BCUT2D eigenvalue weighted by atomic mass is 35.5. The molecule has 1 atom stereocenters. The minimum atomic E-state index is -0.800. The van der Waals surface area contributed by atoms with Crippen molar-refractivity contribution in [3.05, 3.63) is 62.8 Å². The number of benzene rings is 2. The largest absolute Gasteiger partial charge is 0.387 e. The van der Waals surface area contributed by atoms with Crippen LogP contribution in [0, 0.1) is 5.82 Å². The molecule has 0 aromatic heterocycles. The Morgan fingerprint density at radius 3 is 2.25 bits per heavy atom. The fraction of sp³-hybridized carbons (Fsp3) is 0.143. The van der Waals surface area contributed by atoms with E-state index in [9.17, 15) is 9.50 Å². The number of aliphatic hydroxyl groups excluding tert-OH is 1. The van der Waals surface area contributed by atoms with Crippen LogP contribution in [0.2, 0.25) is 15.1 Å². The van der Waals surface area contributed by atoms with Gasteiger partial charge in [-0.2, -0.15) is 0 Å². The zero-order valence-corrected chi connectivity index (χ0v) is 12.5. The van der Waals surface area contributed by atoms with Gasteiger partial charge in [-0.25, -0.2) is 4.39 Å². The van der Waals surface area contributed by atoms with Crippen molar-refractivity contribution in [3.8, 4) is 0 Å². The molecule has 0 bridgehead atoms. The summed E-state index contributed by atoms with van der Waals surface area (Å²) in [5.41, 5.74) is 1.13. The summed E-state index contributed by atoms with van der Waals surface area (Å²) in [4.78, 5) is 0. The molecule has 2 nitrogen and oxygen atoms in total. The summed E-state index contributed by atoms with van der Waals surface area (Å²) in [5.74, 6) is -0.662. The lowest BCUT2D eigenvalue weighted by molar-refractivity contribution is 0.192. The first-order valence-electron chi connectivity index (χ1n) is 5.80. The van der Waals surface area contributed by atoms with Gasteiger partial charge in [0.15, 0.2) is 5.82 Å². The van der Waals surface area contributed by atoms with E-state index in [1.54, 1.807) is 24.3 Å². The molecule has 2 rings (SSSR count). The van der Waals surface area contributed by atoms with E-state index in [2.05, 4.69) is 5.32 Å². The van der Waals surface area contributed by atoms with Crippen LogP contribution in [0.25, 0.3) is 0 Å². The standard InChI is InChI=1S/C14H11Cl3FNO/c15-10-4-2-1-3-9(10)13(20)7-19-8-5-11(16)14(18)12(17)6-8/h1-6,13,19-20H,7H2. The zero-order chi connectivity index (χ0) is 14.7. The Balaban J connectivity index is 2.07. The normalized spacial score (nSPS) is 12.2. The van der Waals surface area contributed by atoms with Crippen LogP contribution in [0.15, 0.2) is 36.4 Å². The number of rotatable bonds is 4. The van der Waals surface area contributed by atoms with Gasteiger partial charge >= 0.3 is 0 Å². The second kappa shape index (κ2) is 6.64. The Bertz CT molecular complexity index is 598. The summed E-state index contributed by atoms with van der Waals surface area (Å²) in [6.07, 6.45) is -0.800. The van der Waals surface area contributed by atoms with Gasteiger partial charge in [-0.3, -0.25) is 0 Å². The van der Waals surface area contributed by atoms with Crippen molar-refractivity contribution in [1.82, 2.24) is 0 Å². The third-order valence-corrected chi connectivity index (χ3v) is 3.64. The lowest BCUT2D eigenvalue weighted by atomic mass is 10.1.